The second kappa shape index (κ2) is 8.19. The summed E-state index contributed by atoms with van der Waals surface area (Å²) in [6.07, 6.45) is 0.707. The predicted molar refractivity (Wildman–Crippen MR) is 92.8 cm³/mol. The topological polar surface area (TPSA) is 98.5 Å². The molecule has 0 saturated carbocycles. The molecule has 8 heteroatoms. The summed E-state index contributed by atoms with van der Waals surface area (Å²) < 4.78 is 18.8. The highest BCUT2D eigenvalue weighted by Crippen LogP contribution is 2.23. The van der Waals surface area contributed by atoms with E-state index in [2.05, 4.69) is 5.32 Å². The van der Waals surface area contributed by atoms with Gasteiger partial charge in [-0.05, 0) is 43.7 Å². The minimum absolute atomic E-state index is 0.138. The summed E-state index contributed by atoms with van der Waals surface area (Å²) in [6.45, 7) is 3.46. The van der Waals surface area contributed by atoms with Gasteiger partial charge in [-0.25, -0.2) is 9.18 Å². The van der Waals surface area contributed by atoms with E-state index in [9.17, 15) is 24.1 Å². The quantitative estimate of drug-likeness (QED) is 0.479. The summed E-state index contributed by atoms with van der Waals surface area (Å²) in [4.78, 5) is 34.1. The zero-order chi connectivity index (χ0) is 19.3. The Labute approximate surface area is 148 Å². The lowest BCUT2D eigenvalue weighted by atomic mass is 10.1. The fraction of sp³-hybridized carbons (Fsp3) is 0.222. The maximum absolute atomic E-state index is 13.8. The maximum atomic E-state index is 13.8. The van der Waals surface area contributed by atoms with Gasteiger partial charge in [-0.2, -0.15) is 0 Å². The van der Waals surface area contributed by atoms with Crippen molar-refractivity contribution in [1.82, 2.24) is 0 Å². The average Bonchev–Trinajstić information content (AvgIpc) is 2.62. The fourth-order valence-electron chi connectivity index (χ4n) is 2.16. The van der Waals surface area contributed by atoms with Crippen LogP contribution < -0.4 is 5.32 Å². The van der Waals surface area contributed by atoms with Crippen LogP contribution in [-0.4, -0.2) is 23.4 Å². The number of carbonyl (C=O) groups excluding carboxylic acids is 2. The Kier molecular flexibility index (Phi) is 6.00. The van der Waals surface area contributed by atoms with Crippen molar-refractivity contribution in [3.05, 3.63) is 69.0 Å². The molecule has 2 aromatic rings. The molecule has 26 heavy (non-hydrogen) atoms. The molecule has 0 fully saturated rings. The van der Waals surface area contributed by atoms with E-state index in [1.165, 1.54) is 31.2 Å². The minimum Gasteiger partial charge on any atom is -0.462 e. The second-order valence-electron chi connectivity index (χ2n) is 5.53. The number of nitrogens with one attached hydrogen (secondary N) is 1. The van der Waals surface area contributed by atoms with Gasteiger partial charge in [-0.3, -0.25) is 14.9 Å². The smallest absolute Gasteiger partial charge is 0.338 e. The number of anilines is 1. The third-order valence-corrected chi connectivity index (χ3v) is 3.59. The highest BCUT2D eigenvalue weighted by Gasteiger charge is 2.19. The Bertz CT molecular complexity index is 849. The fourth-order valence-corrected chi connectivity index (χ4v) is 2.16. The van der Waals surface area contributed by atoms with E-state index in [4.69, 9.17) is 4.74 Å². The van der Waals surface area contributed by atoms with Crippen LogP contribution in [0.1, 0.15) is 39.6 Å². The van der Waals surface area contributed by atoms with Crippen LogP contribution in [0.25, 0.3) is 0 Å². The molecule has 0 heterocycles. The normalized spacial score (nSPS) is 10.3. The first-order valence-corrected chi connectivity index (χ1v) is 7.86. The molecule has 0 aromatic heterocycles. The molecular weight excluding hydrogens is 343 g/mol. The average molecular weight is 360 g/mol. The van der Waals surface area contributed by atoms with Gasteiger partial charge in [-0.1, -0.05) is 6.92 Å². The Morgan fingerprint density at radius 2 is 1.85 bits per heavy atom. The van der Waals surface area contributed by atoms with Crippen molar-refractivity contribution in [2.45, 2.75) is 20.3 Å². The molecule has 0 aliphatic rings. The van der Waals surface area contributed by atoms with E-state index in [0.717, 1.165) is 12.1 Å². The van der Waals surface area contributed by atoms with Crippen molar-refractivity contribution < 1.29 is 23.6 Å². The van der Waals surface area contributed by atoms with E-state index in [1.54, 1.807) is 0 Å². The van der Waals surface area contributed by atoms with Gasteiger partial charge >= 0.3 is 5.97 Å². The third kappa shape index (κ3) is 4.41. The lowest BCUT2D eigenvalue weighted by molar-refractivity contribution is -0.385. The zero-order valence-corrected chi connectivity index (χ0v) is 14.2. The highest BCUT2D eigenvalue weighted by atomic mass is 19.1. The number of hydrogen-bond donors (Lipinski definition) is 1. The van der Waals surface area contributed by atoms with Crippen molar-refractivity contribution >= 4 is 23.3 Å². The van der Waals surface area contributed by atoms with Crippen LogP contribution in [-0.2, 0) is 4.74 Å². The van der Waals surface area contributed by atoms with Crippen LogP contribution in [0.15, 0.2) is 36.4 Å². The summed E-state index contributed by atoms with van der Waals surface area (Å²) in [5, 5.41) is 13.4. The van der Waals surface area contributed by atoms with Crippen LogP contribution >= 0.6 is 0 Å². The van der Waals surface area contributed by atoms with Crippen molar-refractivity contribution in [3.63, 3.8) is 0 Å². The Balaban J connectivity index is 2.15. The summed E-state index contributed by atoms with van der Waals surface area (Å²) in [5.41, 5.74) is -0.101. The van der Waals surface area contributed by atoms with Crippen LogP contribution in [0.4, 0.5) is 15.8 Å². The number of ether oxygens (including phenoxy) is 1. The first kappa shape index (κ1) is 19.0. The third-order valence-electron chi connectivity index (χ3n) is 3.59. The van der Waals surface area contributed by atoms with Gasteiger partial charge in [0.25, 0.3) is 11.6 Å². The van der Waals surface area contributed by atoms with Crippen molar-refractivity contribution in [3.8, 4) is 0 Å². The molecule has 0 bridgehead atoms. The molecular formula is C18H17FN2O5. The summed E-state index contributed by atoms with van der Waals surface area (Å²) in [5.74, 6) is -2.01. The van der Waals surface area contributed by atoms with Crippen LogP contribution in [0.3, 0.4) is 0 Å². The van der Waals surface area contributed by atoms with Crippen molar-refractivity contribution in [1.29, 1.82) is 0 Å². The van der Waals surface area contributed by atoms with Gasteiger partial charge in [0.2, 0.25) is 0 Å². The largest absolute Gasteiger partial charge is 0.462 e. The van der Waals surface area contributed by atoms with Gasteiger partial charge in [0.15, 0.2) is 0 Å². The van der Waals surface area contributed by atoms with Crippen molar-refractivity contribution in [2.24, 2.45) is 0 Å². The first-order chi connectivity index (χ1) is 12.3. The van der Waals surface area contributed by atoms with E-state index in [0.29, 0.717) is 24.3 Å². The van der Waals surface area contributed by atoms with Crippen molar-refractivity contribution in [2.75, 3.05) is 11.9 Å². The molecule has 0 spiro atoms. The van der Waals surface area contributed by atoms with Crippen LogP contribution in [0, 0.1) is 22.9 Å². The number of nitrogens with zero attached hydrogens (tertiary/aromatic N) is 1. The monoisotopic (exact) mass is 360 g/mol. The molecule has 0 aliphatic heterocycles. The van der Waals surface area contributed by atoms with Crippen LogP contribution in [0.5, 0.6) is 0 Å². The number of rotatable bonds is 6. The standard InChI is InChI=1S/C18H17FN2O5/c1-3-8-26-18(23)12-4-6-14(7-5-12)20-17(22)13-9-15(19)11(2)16(10-13)21(24)25/h4-7,9-10H,3,8H2,1-2H3,(H,20,22). The molecule has 1 N–H and O–H groups in total. The number of carbonyl (C=O) groups is 2. The first-order valence-electron chi connectivity index (χ1n) is 7.86. The summed E-state index contributed by atoms with van der Waals surface area (Å²) in [6, 6.07) is 7.88. The molecule has 2 aromatic carbocycles. The summed E-state index contributed by atoms with van der Waals surface area (Å²) in [7, 11) is 0. The van der Waals surface area contributed by atoms with Gasteiger partial charge < -0.3 is 10.1 Å². The summed E-state index contributed by atoms with van der Waals surface area (Å²) >= 11 is 0. The predicted octanol–water partition coefficient (Wildman–Crippen LogP) is 3.86. The SMILES string of the molecule is CCCOC(=O)c1ccc(NC(=O)c2cc(F)c(C)c([N+](=O)[O-])c2)cc1. The number of halogens is 1. The second-order valence-corrected chi connectivity index (χ2v) is 5.53. The molecule has 1 amide bonds. The van der Waals surface area contributed by atoms with Gasteiger partial charge in [0.05, 0.1) is 22.7 Å². The van der Waals surface area contributed by atoms with Gasteiger partial charge in [0.1, 0.15) is 5.82 Å². The number of esters is 1. The van der Waals surface area contributed by atoms with Gasteiger partial charge in [0, 0.05) is 17.3 Å². The van der Waals surface area contributed by atoms with Gasteiger partial charge in [-0.15, -0.1) is 0 Å². The highest BCUT2D eigenvalue weighted by molar-refractivity contribution is 6.05. The number of benzene rings is 2. The Hall–Kier alpha value is -3.29. The molecule has 0 unspecified atom stereocenters. The number of nitro benzene ring substituents is 1. The zero-order valence-electron chi connectivity index (χ0n) is 14.2. The Morgan fingerprint density at radius 3 is 2.42 bits per heavy atom. The van der Waals surface area contributed by atoms with E-state index in [1.807, 2.05) is 6.92 Å². The molecule has 0 aliphatic carbocycles. The maximum Gasteiger partial charge on any atom is 0.338 e. The molecule has 7 nitrogen and oxygen atoms in total. The minimum atomic E-state index is -0.835. The molecule has 136 valence electrons. The van der Waals surface area contributed by atoms with Crippen LogP contribution in [0.2, 0.25) is 0 Å². The molecule has 0 atom stereocenters. The number of hydrogen-bond acceptors (Lipinski definition) is 5. The Morgan fingerprint density at radius 1 is 1.19 bits per heavy atom. The lowest BCUT2D eigenvalue weighted by Crippen LogP contribution is -2.13. The lowest BCUT2D eigenvalue weighted by Gasteiger charge is -2.08. The number of amides is 1. The number of nitro groups is 1. The van der Waals surface area contributed by atoms with E-state index < -0.39 is 28.3 Å². The molecule has 2 rings (SSSR count). The van der Waals surface area contributed by atoms with E-state index in [-0.39, 0.29) is 11.1 Å². The molecule has 0 saturated heterocycles. The van der Waals surface area contributed by atoms with E-state index >= 15 is 0 Å². The molecule has 0 radical (unpaired) electrons.